The molecule has 0 bridgehead atoms. The van der Waals surface area contributed by atoms with Gasteiger partial charge in [-0.3, -0.25) is 0 Å². The highest BCUT2D eigenvalue weighted by Gasteiger charge is 2.09. The van der Waals surface area contributed by atoms with Crippen LogP contribution in [-0.2, 0) is 0 Å². The van der Waals surface area contributed by atoms with Crippen LogP contribution in [-0.4, -0.2) is 38.4 Å². The Labute approximate surface area is 178 Å². The van der Waals surface area contributed by atoms with Gasteiger partial charge in [-0.2, -0.15) is 0 Å². The average molecular weight is 485 g/mol. The van der Waals surface area contributed by atoms with Crippen LogP contribution in [0.2, 0.25) is 0 Å². The van der Waals surface area contributed by atoms with E-state index in [4.69, 9.17) is 9.47 Å². The Hall–Kier alpha value is -2.00. The van der Waals surface area contributed by atoms with Gasteiger partial charge in [0.25, 0.3) is 0 Å². The van der Waals surface area contributed by atoms with Gasteiger partial charge >= 0.3 is 0 Å². The van der Waals surface area contributed by atoms with Crippen LogP contribution in [0.15, 0.2) is 47.5 Å². The number of anilines is 1. The number of ether oxygens (including phenoxy) is 2. The first-order valence-electron chi connectivity index (χ1n) is 8.59. The number of hydrogen-bond acceptors (Lipinski definition) is 4. The van der Waals surface area contributed by atoms with Gasteiger partial charge in [0.05, 0.1) is 26.9 Å². The number of nitrogens with zero attached hydrogens (tertiary/aromatic N) is 1. The number of aliphatic hydroxyl groups is 1. The van der Waals surface area contributed by atoms with Crippen molar-refractivity contribution in [1.82, 2.24) is 5.32 Å². The summed E-state index contributed by atoms with van der Waals surface area (Å²) in [6, 6.07) is 13.4. The molecule has 1 atom stereocenters. The maximum absolute atomic E-state index is 10.4. The van der Waals surface area contributed by atoms with Crippen LogP contribution in [0.1, 0.15) is 24.2 Å². The van der Waals surface area contributed by atoms with E-state index in [9.17, 15) is 5.11 Å². The molecule has 0 saturated carbocycles. The third-order valence-electron chi connectivity index (χ3n) is 3.84. The van der Waals surface area contributed by atoms with E-state index in [-0.39, 0.29) is 30.5 Å². The van der Waals surface area contributed by atoms with Gasteiger partial charge in [0, 0.05) is 18.3 Å². The first kappa shape index (κ1) is 23.0. The first-order chi connectivity index (χ1) is 12.6. The Morgan fingerprint density at radius 3 is 2.48 bits per heavy atom. The predicted octanol–water partition coefficient (Wildman–Crippen LogP) is 3.74. The minimum atomic E-state index is -0.657. The fourth-order valence-corrected chi connectivity index (χ4v) is 2.52. The molecule has 2 rings (SSSR count). The summed E-state index contributed by atoms with van der Waals surface area (Å²) >= 11 is 0. The van der Waals surface area contributed by atoms with Gasteiger partial charge < -0.3 is 25.2 Å². The predicted molar refractivity (Wildman–Crippen MR) is 121 cm³/mol. The lowest BCUT2D eigenvalue weighted by Gasteiger charge is -2.15. The van der Waals surface area contributed by atoms with Crippen molar-refractivity contribution in [1.29, 1.82) is 0 Å². The number of rotatable bonds is 7. The largest absolute Gasteiger partial charge is 0.493 e. The monoisotopic (exact) mass is 485 g/mol. The summed E-state index contributed by atoms with van der Waals surface area (Å²) in [6.07, 6.45) is -0.657. The highest BCUT2D eigenvalue weighted by atomic mass is 127. The lowest BCUT2D eigenvalue weighted by molar-refractivity contribution is 0.187. The van der Waals surface area contributed by atoms with E-state index in [1.165, 1.54) is 0 Å². The molecule has 0 aliphatic rings. The molecule has 0 amide bonds. The molecule has 0 aliphatic carbocycles. The summed E-state index contributed by atoms with van der Waals surface area (Å²) in [5.74, 6) is 1.88. The zero-order valence-electron chi connectivity index (χ0n) is 16.2. The first-order valence-corrected chi connectivity index (χ1v) is 8.59. The standard InChI is InChI=1S/C20H27N3O3.HI/c1-5-21-20(22-13-17(24)15-8-6-7-14(2)11-15)23-16-9-10-18(25-3)19(12-16)26-4;/h6-12,17,24H,5,13H2,1-4H3,(H2,21,22,23);1H. The average Bonchev–Trinajstić information content (AvgIpc) is 2.65. The molecular weight excluding hydrogens is 457 g/mol. The molecule has 6 nitrogen and oxygen atoms in total. The van der Waals surface area contributed by atoms with Crippen molar-refractivity contribution in [2.24, 2.45) is 4.99 Å². The zero-order chi connectivity index (χ0) is 18.9. The highest BCUT2D eigenvalue weighted by Crippen LogP contribution is 2.29. The number of aryl methyl sites for hydroxylation is 1. The van der Waals surface area contributed by atoms with E-state index in [0.29, 0.717) is 24.0 Å². The van der Waals surface area contributed by atoms with Gasteiger partial charge in [-0.25, -0.2) is 4.99 Å². The van der Waals surface area contributed by atoms with Crippen LogP contribution in [0.4, 0.5) is 5.69 Å². The fourth-order valence-electron chi connectivity index (χ4n) is 2.52. The second kappa shape index (κ2) is 11.7. The number of aliphatic imine (C=N–C) groups is 1. The number of aliphatic hydroxyl groups excluding tert-OH is 1. The van der Waals surface area contributed by atoms with Gasteiger partial charge in [0.15, 0.2) is 17.5 Å². The SMILES string of the molecule is CCNC(=NCC(O)c1cccc(C)c1)Nc1ccc(OC)c(OC)c1.I. The molecule has 148 valence electrons. The van der Waals surface area contributed by atoms with E-state index in [0.717, 1.165) is 16.8 Å². The van der Waals surface area contributed by atoms with Crippen LogP contribution < -0.4 is 20.1 Å². The number of methoxy groups -OCH3 is 2. The molecule has 1 unspecified atom stereocenters. The van der Waals surface area contributed by atoms with Gasteiger partial charge in [-0.05, 0) is 31.5 Å². The second-order valence-electron chi connectivity index (χ2n) is 5.84. The Balaban J connectivity index is 0.00000364. The van der Waals surface area contributed by atoms with Crippen molar-refractivity contribution in [2.75, 3.05) is 32.6 Å². The topological polar surface area (TPSA) is 75.1 Å². The Morgan fingerprint density at radius 1 is 1.11 bits per heavy atom. The zero-order valence-corrected chi connectivity index (χ0v) is 18.5. The van der Waals surface area contributed by atoms with E-state index in [1.807, 2.05) is 56.3 Å². The van der Waals surface area contributed by atoms with Gasteiger partial charge in [0.1, 0.15) is 0 Å². The maximum atomic E-state index is 10.4. The molecular formula is C20H28IN3O3. The van der Waals surface area contributed by atoms with Crippen molar-refractivity contribution in [3.05, 3.63) is 53.6 Å². The number of benzene rings is 2. The normalized spacial score (nSPS) is 12.0. The Kier molecular flexibility index (Phi) is 9.95. The Bertz CT molecular complexity index is 753. The van der Waals surface area contributed by atoms with Crippen LogP contribution in [0.3, 0.4) is 0 Å². The summed E-state index contributed by atoms with van der Waals surface area (Å²) in [4.78, 5) is 4.49. The third kappa shape index (κ3) is 6.91. The molecule has 3 N–H and O–H groups in total. The number of guanidine groups is 1. The maximum Gasteiger partial charge on any atom is 0.195 e. The van der Waals surface area contributed by atoms with Crippen molar-refractivity contribution in [3.63, 3.8) is 0 Å². The summed E-state index contributed by atoms with van der Waals surface area (Å²) < 4.78 is 10.6. The summed E-state index contributed by atoms with van der Waals surface area (Å²) in [6.45, 7) is 4.96. The van der Waals surface area contributed by atoms with Crippen LogP contribution in [0.25, 0.3) is 0 Å². The van der Waals surface area contributed by atoms with E-state index >= 15 is 0 Å². The van der Waals surface area contributed by atoms with Crippen LogP contribution in [0.5, 0.6) is 11.5 Å². The number of hydrogen-bond donors (Lipinski definition) is 3. The quantitative estimate of drug-likeness (QED) is 0.317. The van der Waals surface area contributed by atoms with E-state index < -0.39 is 6.10 Å². The van der Waals surface area contributed by atoms with Gasteiger partial charge in [0.2, 0.25) is 0 Å². The Morgan fingerprint density at radius 2 is 1.85 bits per heavy atom. The van der Waals surface area contributed by atoms with Crippen molar-refractivity contribution in [2.45, 2.75) is 20.0 Å². The third-order valence-corrected chi connectivity index (χ3v) is 3.84. The molecule has 0 spiro atoms. The molecule has 2 aromatic carbocycles. The highest BCUT2D eigenvalue weighted by molar-refractivity contribution is 14.0. The van der Waals surface area contributed by atoms with Crippen LogP contribution >= 0.6 is 24.0 Å². The number of nitrogens with one attached hydrogen (secondary N) is 2. The molecule has 0 fully saturated rings. The summed E-state index contributed by atoms with van der Waals surface area (Å²) in [5.41, 5.74) is 2.78. The lowest BCUT2D eigenvalue weighted by Crippen LogP contribution is -2.31. The molecule has 7 heteroatoms. The molecule has 0 saturated heterocycles. The minimum absolute atomic E-state index is 0. The van der Waals surface area contributed by atoms with E-state index in [2.05, 4.69) is 15.6 Å². The molecule has 0 heterocycles. The molecule has 0 aliphatic heterocycles. The summed E-state index contributed by atoms with van der Waals surface area (Å²) in [7, 11) is 3.20. The lowest BCUT2D eigenvalue weighted by atomic mass is 10.1. The summed E-state index contributed by atoms with van der Waals surface area (Å²) in [5, 5.41) is 16.8. The second-order valence-corrected chi connectivity index (χ2v) is 5.84. The van der Waals surface area contributed by atoms with Gasteiger partial charge in [-0.1, -0.05) is 29.8 Å². The molecule has 0 radical (unpaired) electrons. The minimum Gasteiger partial charge on any atom is -0.493 e. The van der Waals surface area contributed by atoms with E-state index in [1.54, 1.807) is 14.2 Å². The van der Waals surface area contributed by atoms with Crippen molar-refractivity contribution < 1.29 is 14.6 Å². The number of halogens is 1. The smallest absolute Gasteiger partial charge is 0.195 e. The van der Waals surface area contributed by atoms with Crippen LogP contribution in [0, 0.1) is 6.92 Å². The molecule has 27 heavy (non-hydrogen) atoms. The van der Waals surface area contributed by atoms with Crippen molar-refractivity contribution in [3.8, 4) is 11.5 Å². The molecule has 2 aromatic rings. The molecule has 0 aromatic heterocycles. The fraction of sp³-hybridized carbons (Fsp3) is 0.350. The van der Waals surface area contributed by atoms with Crippen molar-refractivity contribution >= 4 is 35.6 Å². The van der Waals surface area contributed by atoms with Gasteiger partial charge in [-0.15, -0.1) is 24.0 Å².